The molecule has 0 aliphatic heterocycles. The molecule has 5 heterocycles. The van der Waals surface area contributed by atoms with Gasteiger partial charge in [-0.2, -0.15) is 0 Å². The lowest BCUT2D eigenvalue weighted by molar-refractivity contribution is 0.103. The summed E-state index contributed by atoms with van der Waals surface area (Å²) in [6.07, 6.45) is 2.70. The number of carbonyl (C=O) groups is 1. The van der Waals surface area contributed by atoms with Crippen molar-refractivity contribution in [3.8, 4) is 11.3 Å². The molecule has 0 fully saturated rings. The lowest BCUT2D eigenvalue weighted by Gasteiger charge is -2.21. The fourth-order valence-electron chi connectivity index (χ4n) is 6.80. The normalized spacial score (nSPS) is 16.2. The van der Waals surface area contributed by atoms with E-state index in [1.807, 2.05) is 69.6 Å². The molecule has 1 aromatic carbocycles. The third-order valence-corrected chi connectivity index (χ3v) is 14.1. The first-order valence-corrected chi connectivity index (χ1v) is 18.2. The number of ketones is 1. The van der Waals surface area contributed by atoms with Gasteiger partial charge in [-0.05, 0) is 60.9 Å². The van der Waals surface area contributed by atoms with Crippen LogP contribution in [0.25, 0.3) is 41.2 Å². The molecule has 5 aromatic heterocycles. The summed E-state index contributed by atoms with van der Waals surface area (Å²) in [5.41, 5.74) is 14.8. The van der Waals surface area contributed by atoms with Gasteiger partial charge in [0.05, 0.1) is 10.7 Å². The third-order valence-electron chi connectivity index (χ3n) is 8.82. The Morgan fingerprint density at radius 3 is 2.26 bits per heavy atom. The maximum absolute atomic E-state index is 13.6. The van der Waals surface area contributed by atoms with Crippen molar-refractivity contribution in [3.63, 3.8) is 0 Å². The van der Waals surface area contributed by atoms with Gasteiger partial charge in [0.15, 0.2) is 0 Å². The van der Waals surface area contributed by atoms with Crippen LogP contribution in [0, 0.1) is 6.92 Å². The molecule has 0 saturated carbocycles. The van der Waals surface area contributed by atoms with Gasteiger partial charge in [-0.1, -0.05) is 52.0 Å². The Hall–Kier alpha value is -3.01. The lowest BCUT2D eigenvalue weighted by Crippen LogP contribution is -2.45. The van der Waals surface area contributed by atoms with Crippen molar-refractivity contribution in [3.05, 3.63) is 89.0 Å². The van der Waals surface area contributed by atoms with E-state index < -0.39 is 0 Å². The Kier molecular flexibility index (Phi) is 6.41. The molecular weight excluding hydrogens is 607 g/mol. The molecule has 0 radical (unpaired) electrons. The Bertz CT molecular complexity index is 2280. The van der Waals surface area contributed by atoms with Crippen molar-refractivity contribution in [1.82, 2.24) is 9.97 Å². The van der Waals surface area contributed by atoms with E-state index in [1.165, 1.54) is 44.6 Å². The van der Waals surface area contributed by atoms with Crippen LogP contribution in [0.1, 0.15) is 86.7 Å². The molecule has 8 heteroatoms. The highest BCUT2D eigenvalue weighted by Gasteiger charge is 2.33. The van der Waals surface area contributed by atoms with Gasteiger partial charge in [-0.3, -0.25) is 4.79 Å². The van der Waals surface area contributed by atoms with E-state index in [9.17, 15) is 4.79 Å². The van der Waals surface area contributed by atoms with Gasteiger partial charge in [0.2, 0.25) is 5.78 Å². The molecule has 8 rings (SSSR count). The van der Waals surface area contributed by atoms with E-state index in [-0.39, 0.29) is 11.8 Å². The molecule has 2 N–H and O–H groups in total. The predicted molar refractivity (Wildman–Crippen MR) is 185 cm³/mol. The minimum atomic E-state index is -0.224. The summed E-state index contributed by atoms with van der Waals surface area (Å²) < 4.78 is 5.38. The van der Waals surface area contributed by atoms with Crippen molar-refractivity contribution in [2.45, 2.75) is 65.8 Å². The summed E-state index contributed by atoms with van der Waals surface area (Å²) >= 11 is 7.45. The number of fused-ring (bicyclic) bond motifs is 6. The second-order valence-corrected chi connectivity index (χ2v) is 16.2. The minimum Gasteiger partial charge on any atom is -0.324 e. The molecule has 43 heavy (non-hydrogen) atoms. The number of rotatable bonds is 5. The topological polar surface area (TPSA) is 68.9 Å². The number of nitrogens with two attached hydrogens (primary N) is 1. The Balaban J connectivity index is 1.45. The first-order valence-electron chi connectivity index (χ1n) is 14.9. The number of hydrogen-bond acceptors (Lipinski definition) is 8. The van der Waals surface area contributed by atoms with Crippen LogP contribution in [0.15, 0.2) is 36.4 Å². The predicted octanol–water partition coefficient (Wildman–Crippen LogP) is 7.93. The van der Waals surface area contributed by atoms with E-state index in [0.29, 0.717) is 29.3 Å². The Morgan fingerprint density at radius 2 is 1.51 bits per heavy atom. The summed E-state index contributed by atoms with van der Waals surface area (Å²) in [4.78, 5) is 29.3. The average Bonchev–Trinajstić information content (AvgIpc) is 3.78. The third kappa shape index (κ3) is 3.97. The van der Waals surface area contributed by atoms with Crippen LogP contribution in [0.5, 0.6) is 0 Å². The van der Waals surface area contributed by atoms with Crippen molar-refractivity contribution >= 4 is 81.1 Å². The number of nitrogens with zero attached hydrogens (tertiary/aromatic N) is 2. The van der Waals surface area contributed by atoms with E-state index in [1.54, 1.807) is 0 Å². The first kappa shape index (κ1) is 27.5. The van der Waals surface area contributed by atoms with Crippen molar-refractivity contribution < 1.29 is 4.79 Å². The lowest BCUT2D eigenvalue weighted by atomic mass is 9.92. The van der Waals surface area contributed by atoms with Gasteiger partial charge in [0.25, 0.3) is 0 Å². The number of benzene rings is 1. The Labute approximate surface area is 266 Å². The second kappa shape index (κ2) is 10.0. The molecule has 0 spiro atoms. The number of aryl methyl sites for hydroxylation is 3. The van der Waals surface area contributed by atoms with Gasteiger partial charge in [0.1, 0.15) is 11.4 Å². The number of hydrogen-bond donors (Lipinski definition) is 1. The molecule has 2 aliphatic carbocycles. The molecule has 4 nitrogen and oxygen atoms in total. The summed E-state index contributed by atoms with van der Waals surface area (Å²) in [6, 6.07) is 12.2. The molecule has 216 valence electrons. The molecule has 1 unspecified atom stereocenters. The largest absolute Gasteiger partial charge is 0.324 e. The van der Waals surface area contributed by atoms with E-state index in [0.717, 1.165) is 45.1 Å². The fourth-order valence-corrected chi connectivity index (χ4v) is 12.5. The molecule has 6 aromatic rings. The van der Waals surface area contributed by atoms with Crippen LogP contribution >= 0.6 is 45.3 Å². The maximum Gasteiger partial charge on any atom is 0.214 e. The van der Waals surface area contributed by atoms with Crippen LogP contribution < -0.4 is 16.4 Å². The minimum absolute atomic E-state index is 0.0432. The fraction of sp³-hybridized carbons (Fsp3) is 0.286. The highest BCUT2D eigenvalue weighted by atomic mass is 32.1. The number of thiophene rings is 4. The average molecular weight is 638 g/mol. The zero-order chi connectivity index (χ0) is 29.7. The van der Waals surface area contributed by atoms with E-state index >= 15 is 0 Å². The molecule has 2 aliphatic rings. The quantitative estimate of drug-likeness (QED) is 0.208. The van der Waals surface area contributed by atoms with Crippen molar-refractivity contribution in [2.24, 2.45) is 5.73 Å². The second-order valence-electron chi connectivity index (χ2n) is 11.7. The molecule has 0 bridgehead atoms. The first-order chi connectivity index (χ1) is 20.8. The van der Waals surface area contributed by atoms with Gasteiger partial charge >= 0.3 is 0 Å². The van der Waals surface area contributed by atoms with Crippen LogP contribution in [0.3, 0.4) is 0 Å². The molecular formula is C35H31N3OS4. The zero-order valence-corrected chi connectivity index (χ0v) is 28.0. The summed E-state index contributed by atoms with van der Waals surface area (Å²) in [5.74, 6) is 0.466. The van der Waals surface area contributed by atoms with Crippen LogP contribution in [-0.2, 0) is 12.8 Å². The number of carbonyl (C=O) groups excluding carboxylic acids is 1. The summed E-state index contributed by atoms with van der Waals surface area (Å²) in [6.45, 7) is 11.3. The molecule has 0 saturated heterocycles. The van der Waals surface area contributed by atoms with Gasteiger partial charge < -0.3 is 5.73 Å². The van der Waals surface area contributed by atoms with Gasteiger partial charge in [-0.25, -0.2) is 9.97 Å². The van der Waals surface area contributed by atoms with E-state index in [4.69, 9.17) is 15.7 Å². The SMILES string of the molecule is CCc1c(C)sc2cc(C3=c4nc5c(nc4=C(c4cc6sc(C(C)C)c(CC)c6s4)CC3N)C(=O)c3ccccc3-5)sc12. The molecule has 1 atom stereocenters. The van der Waals surface area contributed by atoms with Gasteiger partial charge in [-0.15, -0.1) is 45.3 Å². The van der Waals surface area contributed by atoms with E-state index in [2.05, 4.69) is 46.8 Å². The zero-order valence-electron chi connectivity index (χ0n) is 24.8. The smallest absolute Gasteiger partial charge is 0.214 e. The summed E-state index contributed by atoms with van der Waals surface area (Å²) in [5, 5.41) is 1.65. The highest BCUT2D eigenvalue weighted by Crippen LogP contribution is 2.45. The maximum atomic E-state index is 13.6. The standard InChI is InChI=1S/C35H31N3OS4/c1-6-17-16(5)40-25-14-24(42-34(17)25)27-22(36)12-21(23-13-26-35(41-23)18(7-2)33(43-26)15(3)4)29-30(27)37-28-19-10-8-9-11-20(19)32(39)31(28)38-29/h8-11,13-15,22H,6-7,12,36H2,1-5H3. The van der Waals surface area contributed by atoms with Crippen molar-refractivity contribution in [1.29, 1.82) is 0 Å². The van der Waals surface area contributed by atoms with Gasteiger partial charge in [0, 0.05) is 61.1 Å². The van der Waals surface area contributed by atoms with Crippen LogP contribution in [0.2, 0.25) is 0 Å². The monoisotopic (exact) mass is 637 g/mol. The molecule has 0 amide bonds. The van der Waals surface area contributed by atoms with Crippen molar-refractivity contribution in [2.75, 3.05) is 0 Å². The van der Waals surface area contributed by atoms with Crippen LogP contribution in [0.4, 0.5) is 0 Å². The van der Waals surface area contributed by atoms with Crippen LogP contribution in [-0.4, -0.2) is 21.8 Å². The highest BCUT2D eigenvalue weighted by molar-refractivity contribution is 7.29. The summed E-state index contributed by atoms with van der Waals surface area (Å²) in [7, 11) is 0. The number of aromatic nitrogens is 2. The Morgan fingerprint density at radius 1 is 0.860 bits per heavy atom.